The summed E-state index contributed by atoms with van der Waals surface area (Å²) in [7, 11) is 0. The minimum absolute atomic E-state index is 0.0150. The summed E-state index contributed by atoms with van der Waals surface area (Å²) in [5, 5.41) is 16.2. The van der Waals surface area contributed by atoms with Gasteiger partial charge in [0.05, 0.1) is 17.1 Å². The maximum atomic E-state index is 13.5. The molecule has 0 aliphatic rings. The van der Waals surface area contributed by atoms with Crippen LogP contribution in [-0.4, -0.2) is 37.9 Å². The number of aryl methyl sites for hydroxylation is 1. The Bertz CT molecular complexity index is 960. The van der Waals surface area contributed by atoms with E-state index in [0.717, 1.165) is 23.0 Å². The number of halogens is 1. The molecule has 0 aliphatic heterocycles. The number of para-hydroxylation sites is 1. The predicted molar refractivity (Wildman–Crippen MR) is 98.2 cm³/mol. The number of hydrogen-bond acceptors (Lipinski definition) is 6. The average Bonchev–Trinajstić information content (AvgIpc) is 3.11. The van der Waals surface area contributed by atoms with E-state index < -0.39 is 17.8 Å². The highest BCUT2D eigenvalue weighted by atomic mass is 32.2. The lowest BCUT2D eigenvalue weighted by atomic mass is 10.2. The lowest BCUT2D eigenvalue weighted by molar-refractivity contribution is -0.117. The van der Waals surface area contributed by atoms with E-state index in [1.54, 1.807) is 6.07 Å². The van der Waals surface area contributed by atoms with E-state index in [2.05, 4.69) is 26.2 Å². The van der Waals surface area contributed by atoms with E-state index >= 15 is 0 Å². The molecule has 3 aromatic rings. The third-order valence-corrected chi connectivity index (χ3v) is 4.35. The first-order valence-corrected chi connectivity index (χ1v) is 8.85. The number of carbonyl (C=O) groups excluding carboxylic acids is 2. The molecule has 2 N–H and O–H groups in total. The van der Waals surface area contributed by atoms with Gasteiger partial charge in [0.2, 0.25) is 11.1 Å². The van der Waals surface area contributed by atoms with Crippen LogP contribution in [0.15, 0.2) is 53.7 Å². The molecule has 3 rings (SSSR count). The first kappa shape index (κ1) is 18.5. The number of aromatic nitrogens is 4. The Morgan fingerprint density at radius 1 is 1.15 bits per heavy atom. The third-order valence-electron chi connectivity index (χ3n) is 3.43. The Morgan fingerprint density at radius 2 is 1.89 bits per heavy atom. The van der Waals surface area contributed by atoms with E-state index in [-0.39, 0.29) is 11.4 Å². The molecule has 8 nitrogen and oxygen atoms in total. The van der Waals surface area contributed by atoms with E-state index in [1.165, 1.54) is 22.9 Å². The summed E-state index contributed by atoms with van der Waals surface area (Å²) in [6.45, 7) is 1.97. The predicted octanol–water partition coefficient (Wildman–Crippen LogP) is 2.55. The fourth-order valence-electron chi connectivity index (χ4n) is 2.13. The van der Waals surface area contributed by atoms with E-state index in [0.29, 0.717) is 5.16 Å². The SMILES string of the molecule is Cc1ccc(-n2nnnc2SCC(=O)NC(=O)Nc2ccccc2F)cc1. The van der Waals surface area contributed by atoms with Crippen molar-refractivity contribution in [1.29, 1.82) is 0 Å². The molecule has 3 amide bonds. The van der Waals surface area contributed by atoms with Gasteiger partial charge in [0.1, 0.15) is 5.82 Å². The Hall–Kier alpha value is -3.27. The van der Waals surface area contributed by atoms with E-state index in [1.807, 2.05) is 31.2 Å². The third kappa shape index (κ3) is 4.88. The van der Waals surface area contributed by atoms with Crippen LogP contribution in [-0.2, 0) is 4.79 Å². The second-order valence-corrected chi connectivity index (χ2v) is 6.42. The number of anilines is 1. The molecule has 0 aliphatic carbocycles. The number of hydrogen-bond donors (Lipinski definition) is 2. The van der Waals surface area contributed by atoms with Crippen molar-refractivity contribution in [3.05, 3.63) is 59.9 Å². The average molecular weight is 386 g/mol. The highest BCUT2D eigenvalue weighted by Crippen LogP contribution is 2.18. The first-order chi connectivity index (χ1) is 13.0. The minimum atomic E-state index is -0.816. The van der Waals surface area contributed by atoms with Crippen LogP contribution in [0.4, 0.5) is 14.9 Å². The molecule has 0 fully saturated rings. The number of rotatable bonds is 5. The molecule has 0 bridgehead atoms. The largest absolute Gasteiger partial charge is 0.325 e. The van der Waals surface area contributed by atoms with Crippen LogP contribution in [0.2, 0.25) is 0 Å². The summed E-state index contributed by atoms with van der Waals surface area (Å²) in [5.41, 5.74) is 1.84. The number of nitrogens with zero attached hydrogens (tertiary/aromatic N) is 4. The number of thioether (sulfide) groups is 1. The van der Waals surface area contributed by atoms with Gasteiger partial charge in [0.15, 0.2) is 0 Å². The Morgan fingerprint density at radius 3 is 2.63 bits per heavy atom. The molecular weight excluding hydrogens is 371 g/mol. The smallest absolute Gasteiger partial charge is 0.305 e. The maximum absolute atomic E-state index is 13.5. The summed E-state index contributed by atoms with van der Waals surface area (Å²) in [5.74, 6) is -1.24. The van der Waals surface area contributed by atoms with Gasteiger partial charge in [0, 0.05) is 0 Å². The molecule has 0 radical (unpaired) electrons. The quantitative estimate of drug-likeness (QED) is 0.654. The number of nitrogens with one attached hydrogen (secondary N) is 2. The Balaban J connectivity index is 1.55. The van der Waals surface area contributed by atoms with E-state index in [9.17, 15) is 14.0 Å². The normalized spacial score (nSPS) is 10.4. The summed E-state index contributed by atoms with van der Waals surface area (Å²) < 4.78 is 15.0. The van der Waals surface area contributed by atoms with Crippen molar-refractivity contribution in [2.45, 2.75) is 12.1 Å². The summed E-state index contributed by atoms with van der Waals surface area (Å²) >= 11 is 1.07. The highest BCUT2D eigenvalue weighted by molar-refractivity contribution is 7.99. The molecule has 2 aromatic carbocycles. The zero-order valence-corrected chi connectivity index (χ0v) is 15.0. The van der Waals surface area contributed by atoms with Gasteiger partial charge in [-0.15, -0.1) is 5.10 Å². The van der Waals surface area contributed by atoms with Crippen molar-refractivity contribution in [2.75, 3.05) is 11.1 Å². The topological polar surface area (TPSA) is 102 Å². The van der Waals surface area contributed by atoms with Crippen LogP contribution in [0.5, 0.6) is 0 Å². The lowest BCUT2D eigenvalue weighted by Gasteiger charge is -2.07. The number of urea groups is 1. The van der Waals surface area contributed by atoms with Gasteiger partial charge < -0.3 is 5.32 Å². The zero-order chi connectivity index (χ0) is 19.2. The monoisotopic (exact) mass is 386 g/mol. The maximum Gasteiger partial charge on any atom is 0.325 e. The van der Waals surface area contributed by atoms with Crippen molar-refractivity contribution in [1.82, 2.24) is 25.5 Å². The zero-order valence-electron chi connectivity index (χ0n) is 14.2. The first-order valence-electron chi connectivity index (χ1n) is 7.86. The lowest BCUT2D eigenvalue weighted by Crippen LogP contribution is -2.35. The standard InChI is InChI=1S/C17H15FN6O2S/c1-11-6-8-12(9-7-11)24-17(21-22-23-24)27-10-15(25)20-16(26)19-14-5-3-2-4-13(14)18/h2-9H,10H2,1H3,(H2,19,20,25,26). The number of tetrazole rings is 1. The molecule has 0 atom stereocenters. The van der Waals surface area contributed by atoms with E-state index in [4.69, 9.17) is 0 Å². The number of benzene rings is 2. The molecular formula is C17H15FN6O2S. The molecule has 0 saturated carbocycles. The molecule has 10 heteroatoms. The molecule has 1 aromatic heterocycles. The molecule has 0 unspecified atom stereocenters. The van der Waals surface area contributed by atoms with Gasteiger partial charge in [-0.05, 0) is 41.6 Å². The summed E-state index contributed by atoms with van der Waals surface area (Å²) in [4.78, 5) is 23.7. The van der Waals surface area contributed by atoms with Crippen molar-refractivity contribution < 1.29 is 14.0 Å². The van der Waals surface area contributed by atoms with Gasteiger partial charge in [0.25, 0.3) is 0 Å². The minimum Gasteiger partial charge on any atom is -0.305 e. The fourth-order valence-corrected chi connectivity index (χ4v) is 2.82. The number of amides is 3. The fraction of sp³-hybridized carbons (Fsp3) is 0.118. The number of carbonyl (C=O) groups is 2. The van der Waals surface area contributed by atoms with Crippen LogP contribution < -0.4 is 10.6 Å². The van der Waals surface area contributed by atoms with Gasteiger partial charge >= 0.3 is 6.03 Å². The van der Waals surface area contributed by atoms with Gasteiger partial charge in [-0.25, -0.2) is 9.18 Å². The van der Waals surface area contributed by atoms with Crippen LogP contribution >= 0.6 is 11.8 Å². The second-order valence-electron chi connectivity index (χ2n) is 5.48. The van der Waals surface area contributed by atoms with Crippen LogP contribution in [0.25, 0.3) is 5.69 Å². The molecule has 0 spiro atoms. The van der Waals surface area contributed by atoms with Gasteiger partial charge in [-0.3, -0.25) is 10.1 Å². The van der Waals surface area contributed by atoms with Crippen LogP contribution in [0.3, 0.4) is 0 Å². The van der Waals surface area contributed by atoms with Crippen LogP contribution in [0, 0.1) is 12.7 Å². The summed E-state index contributed by atoms with van der Waals surface area (Å²) in [6, 6.07) is 12.4. The number of imide groups is 1. The Labute approximate surface area is 158 Å². The molecule has 1 heterocycles. The molecule has 27 heavy (non-hydrogen) atoms. The Kier molecular flexibility index (Phi) is 5.77. The summed E-state index contributed by atoms with van der Waals surface area (Å²) in [6.07, 6.45) is 0. The van der Waals surface area contributed by atoms with Gasteiger partial charge in [-0.1, -0.05) is 41.6 Å². The second kappa shape index (κ2) is 8.41. The van der Waals surface area contributed by atoms with Crippen molar-refractivity contribution in [3.8, 4) is 5.69 Å². The molecule has 138 valence electrons. The van der Waals surface area contributed by atoms with Crippen LogP contribution in [0.1, 0.15) is 5.56 Å². The highest BCUT2D eigenvalue weighted by Gasteiger charge is 2.14. The molecule has 0 saturated heterocycles. The van der Waals surface area contributed by atoms with Crippen molar-refractivity contribution >= 4 is 29.4 Å². The van der Waals surface area contributed by atoms with Gasteiger partial charge in [-0.2, -0.15) is 4.68 Å². The van der Waals surface area contributed by atoms with Crippen molar-refractivity contribution in [3.63, 3.8) is 0 Å². The van der Waals surface area contributed by atoms with Crippen molar-refractivity contribution in [2.24, 2.45) is 0 Å².